The Morgan fingerprint density at radius 2 is 2.00 bits per heavy atom. The van der Waals surface area contributed by atoms with Gasteiger partial charge in [-0.2, -0.15) is 0 Å². The highest BCUT2D eigenvalue weighted by atomic mass is 19.2. The quantitative estimate of drug-likeness (QED) is 0.825. The fourth-order valence-electron chi connectivity index (χ4n) is 1.39. The molecule has 0 amide bonds. The maximum absolute atomic E-state index is 13.4. The fourth-order valence-corrected chi connectivity index (χ4v) is 1.39. The number of hydrogen-bond donors (Lipinski definition) is 1. The van der Waals surface area contributed by atoms with E-state index in [9.17, 15) is 8.78 Å². The van der Waals surface area contributed by atoms with E-state index in [0.29, 0.717) is 5.56 Å². The van der Waals surface area contributed by atoms with Crippen molar-refractivity contribution in [2.75, 3.05) is 0 Å². The molecule has 1 atom stereocenters. The van der Waals surface area contributed by atoms with Crippen LogP contribution in [-0.2, 0) is 0 Å². The summed E-state index contributed by atoms with van der Waals surface area (Å²) < 4.78 is 31.1. The number of rotatable bonds is 2. The van der Waals surface area contributed by atoms with Crippen LogP contribution < -0.4 is 5.73 Å². The predicted molar refractivity (Wildman–Crippen MR) is 51.1 cm³/mol. The molecule has 4 heteroatoms. The Kier molecular flexibility index (Phi) is 2.51. The molecule has 0 aliphatic carbocycles. The van der Waals surface area contributed by atoms with Gasteiger partial charge in [0, 0.05) is 11.1 Å². The second-order valence-corrected chi connectivity index (χ2v) is 3.18. The molecule has 1 aromatic carbocycles. The molecule has 15 heavy (non-hydrogen) atoms. The summed E-state index contributed by atoms with van der Waals surface area (Å²) in [7, 11) is 0. The van der Waals surface area contributed by atoms with Crippen molar-refractivity contribution in [1.82, 2.24) is 0 Å². The zero-order valence-electron chi connectivity index (χ0n) is 7.78. The molecular weight excluding hydrogens is 200 g/mol. The molecule has 1 aromatic heterocycles. The molecule has 0 spiro atoms. The maximum atomic E-state index is 13.4. The molecule has 78 valence electrons. The van der Waals surface area contributed by atoms with Crippen molar-refractivity contribution in [3.63, 3.8) is 0 Å². The van der Waals surface area contributed by atoms with E-state index >= 15 is 0 Å². The van der Waals surface area contributed by atoms with Crippen LogP contribution in [0.3, 0.4) is 0 Å². The number of hydrogen-bond acceptors (Lipinski definition) is 2. The van der Waals surface area contributed by atoms with Crippen molar-refractivity contribution in [1.29, 1.82) is 0 Å². The second-order valence-electron chi connectivity index (χ2n) is 3.18. The summed E-state index contributed by atoms with van der Waals surface area (Å²) in [4.78, 5) is 0. The van der Waals surface area contributed by atoms with Crippen molar-refractivity contribution in [2.45, 2.75) is 6.04 Å². The van der Waals surface area contributed by atoms with Gasteiger partial charge in [0.2, 0.25) is 0 Å². The first-order valence-electron chi connectivity index (χ1n) is 4.41. The Morgan fingerprint density at radius 1 is 1.20 bits per heavy atom. The van der Waals surface area contributed by atoms with Gasteiger partial charge in [-0.05, 0) is 12.1 Å². The van der Waals surface area contributed by atoms with Crippen LogP contribution in [0.25, 0.3) is 0 Å². The van der Waals surface area contributed by atoms with Crippen molar-refractivity contribution in [3.05, 3.63) is 59.6 Å². The topological polar surface area (TPSA) is 39.2 Å². The highest BCUT2D eigenvalue weighted by Crippen LogP contribution is 2.23. The predicted octanol–water partition coefficient (Wildman–Crippen LogP) is 2.61. The molecule has 0 aliphatic heterocycles. The standard InChI is InChI=1S/C11H9F2NO/c12-9-3-1-2-8(10(9)13)11(14)7-4-5-15-6-7/h1-6,11H,14H2. The van der Waals surface area contributed by atoms with Gasteiger partial charge in [-0.1, -0.05) is 12.1 Å². The molecule has 2 rings (SSSR count). The Bertz CT molecular complexity index is 454. The van der Waals surface area contributed by atoms with Crippen LogP contribution in [0.1, 0.15) is 17.2 Å². The van der Waals surface area contributed by atoms with Crippen LogP contribution in [0, 0.1) is 11.6 Å². The van der Waals surface area contributed by atoms with Crippen LogP contribution in [0.2, 0.25) is 0 Å². The lowest BCUT2D eigenvalue weighted by Gasteiger charge is -2.10. The van der Waals surface area contributed by atoms with E-state index in [1.54, 1.807) is 6.07 Å². The Labute approximate surface area is 85.3 Å². The lowest BCUT2D eigenvalue weighted by atomic mass is 10.0. The van der Waals surface area contributed by atoms with Gasteiger partial charge in [0.25, 0.3) is 0 Å². The normalized spacial score (nSPS) is 12.7. The van der Waals surface area contributed by atoms with Crippen molar-refractivity contribution < 1.29 is 13.2 Å². The van der Waals surface area contributed by atoms with E-state index in [1.165, 1.54) is 24.7 Å². The third-order valence-corrected chi connectivity index (χ3v) is 2.22. The van der Waals surface area contributed by atoms with Crippen LogP contribution in [0.4, 0.5) is 8.78 Å². The average Bonchev–Trinajstić information content (AvgIpc) is 2.74. The Hall–Kier alpha value is -1.68. The maximum Gasteiger partial charge on any atom is 0.163 e. The molecule has 0 aliphatic rings. The largest absolute Gasteiger partial charge is 0.472 e. The third-order valence-electron chi connectivity index (χ3n) is 2.22. The number of halogens is 2. The molecule has 2 N–H and O–H groups in total. The third kappa shape index (κ3) is 1.76. The van der Waals surface area contributed by atoms with E-state index < -0.39 is 17.7 Å². The first-order valence-corrected chi connectivity index (χ1v) is 4.41. The van der Waals surface area contributed by atoms with Crippen molar-refractivity contribution in [2.24, 2.45) is 5.73 Å². The van der Waals surface area contributed by atoms with Gasteiger partial charge in [0.15, 0.2) is 11.6 Å². The van der Waals surface area contributed by atoms with E-state index in [4.69, 9.17) is 10.2 Å². The Morgan fingerprint density at radius 3 is 2.67 bits per heavy atom. The van der Waals surface area contributed by atoms with Crippen molar-refractivity contribution in [3.8, 4) is 0 Å². The van der Waals surface area contributed by atoms with Gasteiger partial charge in [0.1, 0.15) is 0 Å². The first kappa shape index (κ1) is 9.86. The molecule has 0 saturated heterocycles. The van der Waals surface area contributed by atoms with Gasteiger partial charge in [-0.25, -0.2) is 8.78 Å². The summed E-state index contributed by atoms with van der Waals surface area (Å²) >= 11 is 0. The first-order chi connectivity index (χ1) is 7.20. The molecule has 2 nitrogen and oxygen atoms in total. The fraction of sp³-hybridized carbons (Fsp3) is 0.0909. The highest BCUT2D eigenvalue weighted by Gasteiger charge is 2.16. The zero-order valence-corrected chi connectivity index (χ0v) is 7.78. The molecule has 2 aromatic rings. The van der Waals surface area contributed by atoms with E-state index in [2.05, 4.69) is 0 Å². The smallest absolute Gasteiger partial charge is 0.163 e. The summed E-state index contributed by atoms with van der Waals surface area (Å²) in [5.74, 6) is -1.81. The molecule has 0 fully saturated rings. The minimum absolute atomic E-state index is 0.122. The number of benzene rings is 1. The summed E-state index contributed by atoms with van der Waals surface area (Å²) in [6.07, 6.45) is 2.85. The molecular formula is C11H9F2NO. The van der Waals surface area contributed by atoms with E-state index in [-0.39, 0.29) is 5.56 Å². The minimum atomic E-state index is -0.911. The van der Waals surface area contributed by atoms with E-state index in [0.717, 1.165) is 6.07 Å². The number of nitrogens with two attached hydrogens (primary N) is 1. The SMILES string of the molecule is NC(c1ccoc1)c1cccc(F)c1F. The van der Waals surface area contributed by atoms with Gasteiger partial charge in [0.05, 0.1) is 18.6 Å². The van der Waals surface area contributed by atoms with Crippen LogP contribution in [0.15, 0.2) is 41.2 Å². The van der Waals surface area contributed by atoms with Gasteiger partial charge >= 0.3 is 0 Å². The number of furan rings is 1. The Balaban J connectivity index is 2.42. The molecule has 1 unspecified atom stereocenters. The summed E-state index contributed by atoms with van der Waals surface area (Å²) in [5, 5.41) is 0. The van der Waals surface area contributed by atoms with Gasteiger partial charge in [-0.3, -0.25) is 0 Å². The lowest BCUT2D eigenvalue weighted by Crippen LogP contribution is -2.13. The minimum Gasteiger partial charge on any atom is -0.472 e. The van der Waals surface area contributed by atoms with E-state index in [1.807, 2.05) is 0 Å². The summed E-state index contributed by atoms with van der Waals surface area (Å²) in [6, 6.07) is 4.85. The second kappa shape index (κ2) is 3.82. The average molecular weight is 209 g/mol. The molecule has 1 heterocycles. The van der Waals surface area contributed by atoms with Crippen molar-refractivity contribution >= 4 is 0 Å². The monoisotopic (exact) mass is 209 g/mol. The highest BCUT2D eigenvalue weighted by molar-refractivity contribution is 5.30. The van der Waals surface area contributed by atoms with Gasteiger partial charge in [-0.15, -0.1) is 0 Å². The molecule has 0 saturated carbocycles. The van der Waals surface area contributed by atoms with Crippen LogP contribution >= 0.6 is 0 Å². The van der Waals surface area contributed by atoms with Crippen LogP contribution in [0.5, 0.6) is 0 Å². The molecule has 0 bridgehead atoms. The summed E-state index contributed by atoms with van der Waals surface area (Å²) in [5.41, 5.74) is 6.50. The van der Waals surface area contributed by atoms with Crippen LogP contribution in [-0.4, -0.2) is 0 Å². The van der Waals surface area contributed by atoms with Gasteiger partial charge < -0.3 is 10.2 Å². The molecule has 0 radical (unpaired) electrons. The summed E-state index contributed by atoms with van der Waals surface area (Å²) in [6.45, 7) is 0. The lowest BCUT2D eigenvalue weighted by molar-refractivity contribution is 0.493. The zero-order chi connectivity index (χ0) is 10.8.